The monoisotopic (exact) mass is 179 g/mol. The van der Waals surface area contributed by atoms with Crippen molar-refractivity contribution >= 4 is 5.78 Å². The Kier molecular flexibility index (Phi) is 2.29. The van der Waals surface area contributed by atoms with E-state index in [4.69, 9.17) is 10.4 Å². The number of benzene rings is 1. The molecule has 0 aromatic heterocycles. The van der Waals surface area contributed by atoms with Gasteiger partial charge in [-0.3, -0.25) is 4.79 Å². The van der Waals surface area contributed by atoms with E-state index >= 15 is 0 Å². The maximum absolute atomic E-state index is 13.0. The second-order valence-electron chi connectivity index (χ2n) is 2.49. The highest BCUT2D eigenvalue weighted by Crippen LogP contribution is 2.24. The molecule has 1 aromatic carbocycles. The van der Waals surface area contributed by atoms with Crippen LogP contribution in [0.15, 0.2) is 12.1 Å². The van der Waals surface area contributed by atoms with Crippen molar-refractivity contribution in [1.29, 1.82) is 5.26 Å². The van der Waals surface area contributed by atoms with E-state index in [0.717, 1.165) is 6.07 Å². The first-order valence-electron chi connectivity index (χ1n) is 3.50. The molecule has 0 amide bonds. The van der Waals surface area contributed by atoms with Gasteiger partial charge in [-0.2, -0.15) is 5.26 Å². The topological polar surface area (TPSA) is 61.1 Å². The number of halogens is 1. The maximum atomic E-state index is 13.0. The Labute approximate surface area is 74.0 Å². The third kappa shape index (κ3) is 1.49. The first kappa shape index (κ1) is 9.20. The summed E-state index contributed by atoms with van der Waals surface area (Å²) in [6.07, 6.45) is 0. The summed E-state index contributed by atoms with van der Waals surface area (Å²) in [6, 6.07) is 3.94. The summed E-state index contributed by atoms with van der Waals surface area (Å²) in [5, 5.41) is 17.5. The van der Waals surface area contributed by atoms with Gasteiger partial charge in [0.2, 0.25) is 0 Å². The summed E-state index contributed by atoms with van der Waals surface area (Å²) in [5.41, 5.74) is -0.390. The van der Waals surface area contributed by atoms with Crippen LogP contribution in [0, 0.1) is 17.1 Å². The Morgan fingerprint density at radius 1 is 1.62 bits per heavy atom. The molecule has 1 N–H and O–H groups in total. The first-order chi connectivity index (χ1) is 6.07. The maximum Gasteiger partial charge on any atom is 0.183 e. The molecule has 0 aliphatic carbocycles. The van der Waals surface area contributed by atoms with Gasteiger partial charge in [0, 0.05) is 0 Å². The molecule has 1 rings (SSSR count). The van der Waals surface area contributed by atoms with Crippen molar-refractivity contribution in [2.75, 3.05) is 0 Å². The van der Waals surface area contributed by atoms with Crippen molar-refractivity contribution in [1.82, 2.24) is 0 Å². The lowest BCUT2D eigenvalue weighted by Crippen LogP contribution is -1.96. The zero-order chi connectivity index (χ0) is 10.0. The van der Waals surface area contributed by atoms with E-state index in [0.29, 0.717) is 0 Å². The molecule has 66 valence electrons. The molecule has 0 fully saturated rings. The van der Waals surface area contributed by atoms with Crippen molar-refractivity contribution < 1.29 is 14.3 Å². The van der Waals surface area contributed by atoms with E-state index in [1.165, 1.54) is 13.0 Å². The standard InChI is InChI=1S/C9H6FNO2/c1-5(12)7-3-2-6(4-11)8(10)9(7)13/h2-3,13H,1H3. The number of rotatable bonds is 1. The lowest BCUT2D eigenvalue weighted by Gasteiger charge is -2.01. The zero-order valence-corrected chi connectivity index (χ0v) is 6.84. The summed E-state index contributed by atoms with van der Waals surface area (Å²) in [4.78, 5) is 10.8. The van der Waals surface area contributed by atoms with E-state index < -0.39 is 17.3 Å². The minimum Gasteiger partial charge on any atom is -0.504 e. The number of hydrogen-bond acceptors (Lipinski definition) is 3. The third-order valence-corrected chi connectivity index (χ3v) is 1.62. The van der Waals surface area contributed by atoms with Crippen LogP contribution in [0.25, 0.3) is 0 Å². The Hall–Kier alpha value is -1.89. The fourth-order valence-corrected chi connectivity index (χ4v) is 0.935. The summed E-state index contributed by atoms with van der Waals surface area (Å²) in [6.45, 7) is 1.21. The third-order valence-electron chi connectivity index (χ3n) is 1.62. The van der Waals surface area contributed by atoms with Crippen molar-refractivity contribution in [3.63, 3.8) is 0 Å². The summed E-state index contributed by atoms with van der Waals surface area (Å²) < 4.78 is 13.0. The quantitative estimate of drug-likeness (QED) is 0.666. The number of phenolic OH excluding ortho intramolecular Hbond substituents is 1. The van der Waals surface area contributed by atoms with Crippen LogP contribution in [0.2, 0.25) is 0 Å². The molecule has 0 aliphatic rings. The SMILES string of the molecule is CC(=O)c1ccc(C#N)c(F)c1O. The first-order valence-corrected chi connectivity index (χ1v) is 3.50. The summed E-state index contributed by atoms with van der Waals surface area (Å²) in [7, 11) is 0. The van der Waals surface area contributed by atoms with Gasteiger partial charge in [-0.15, -0.1) is 0 Å². The van der Waals surface area contributed by atoms with Crippen LogP contribution < -0.4 is 0 Å². The van der Waals surface area contributed by atoms with Crippen LogP contribution in [-0.4, -0.2) is 10.9 Å². The lowest BCUT2D eigenvalue weighted by atomic mass is 10.1. The number of aromatic hydroxyl groups is 1. The van der Waals surface area contributed by atoms with Gasteiger partial charge in [-0.1, -0.05) is 0 Å². The lowest BCUT2D eigenvalue weighted by molar-refractivity contribution is 0.101. The van der Waals surface area contributed by atoms with Crippen molar-refractivity contribution in [3.8, 4) is 11.8 Å². The number of ketones is 1. The number of carbonyl (C=O) groups excluding carboxylic acids is 1. The largest absolute Gasteiger partial charge is 0.504 e. The smallest absolute Gasteiger partial charge is 0.183 e. The molecule has 4 heteroatoms. The molecule has 0 bridgehead atoms. The van der Waals surface area contributed by atoms with E-state index in [1.54, 1.807) is 6.07 Å². The number of phenols is 1. The average molecular weight is 179 g/mol. The zero-order valence-electron chi connectivity index (χ0n) is 6.84. The number of nitrogens with zero attached hydrogens (tertiary/aromatic N) is 1. The number of carbonyl (C=O) groups is 1. The number of Topliss-reactive ketones (excluding diaryl/α,β-unsaturated/α-hetero) is 1. The highest BCUT2D eigenvalue weighted by Gasteiger charge is 2.14. The predicted molar refractivity (Wildman–Crippen MR) is 42.8 cm³/mol. The van der Waals surface area contributed by atoms with Gasteiger partial charge >= 0.3 is 0 Å². The van der Waals surface area contributed by atoms with Gasteiger partial charge in [0.05, 0.1) is 11.1 Å². The summed E-state index contributed by atoms with van der Waals surface area (Å²) in [5.74, 6) is -2.25. The molecule has 0 atom stereocenters. The van der Waals surface area contributed by atoms with Crippen LogP contribution in [0.4, 0.5) is 4.39 Å². The van der Waals surface area contributed by atoms with Crippen LogP contribution in [0.5, 0.6) is 5.75 Å². The highest BCUT2D eigenvalue weighted by atomic mass is 19.1. The minimum atomic E-state index is -1.05. The van der Waals surface area contributed by atoms with E-state index in [1.807, 2.05) is 0 Å². The second kappa shape index (κ2) is 3.23. The molecular formula is C9H6FNO2. The van der Waals surface area contributed by atoms with Crippen LogP contribution >= 0.6 is 0 Å². The Morgan fingerprint density at radius 2 is 2.23 bits per heavy atom. The van der Waals surface area contributed by atoms with Crippen LogP contribution in [-0.2, 0) is 0 Å². The molecule has 0 aliphatic heterocycles. The van der Waals surface area contributed by atoms with E-state index in [-0.39, 0.29) is 11.1 Å². The van der Waals surface area contributed by atoms with Crippen LogP contribution in [0.1, 0.15) is 22.8 Å². The Balaban J connectivity index is 3.42. The second-order valence-corrected chi connectivity index (χ2v) is 2.49. The molecule has 13 heavy (non-hydrogen) atoms. The van der Waals surface area contributed by atoms with Crippen molar-refractivity contribution in [2.24, 2.45) is 0 Å². The Bertz CT molecular complexity index is 407. The molecule has 0 spiro atoms. The van der Waals surface area contributed by atoms with Gasteiger partial charge in [0.15, 0.2) is 17.3 Å². The molecule has 0 saturated carbocycles. The molecule has 0 unspecified atom stereocenters. The van der Waals surface area contributed by atoms with Gasteiger partial charge < -0.3 is 5.11 Å². The number of nitriles is 1. The molecule has 3 nitrogen and oxygen atoms in total. The molecule has 1 aromatic rings. The average Bonchev–Trinajstić information content (AvgIpc) is 2.09. The highest BCUT2D eigenvalue weighted by molar-refractivity contribution is 5.96. The van der Waals surface area contributed by atoms with Gasteiger partial charge in [0.1, 0.15) is 6.07 Å². The predicted octanol–water partition coefficient (Wildman–Crippen LogP) is 1.61. The minimum absolute atomic E-state index is 0.114. The van der Waals surface area contributed by atoms with E-state index in [2.05, 4.69) is 0 Å². The fourth-order valence-electron chi connectivity index (χ4n) is 0.935. The van der Waals surface area contributed by atoms with Gasteiger partial charge in [-0.25, -0.2) is 4.39 Å². The number of hydrogen-bond donors (Lipinski definition) is 1. The molecular weight excluding hydrogens is 173 g/mol. The van der Waals surface area contributed by atoms with Crippen molar-refractivity contribution in [3.05, 3.63) is 29.1 Å². The van der Waals surface area contributed by atoms with Crippen molar-refractivity contribution in [2.45, 2.75) is 6.92 Å². The van der Waals surface area contributed by atoms with Gasteiger partial charge in [-0.05, 0) is 19.1 Å². The molecule has 0 radical (unpaired) electrons. The molecule has 0 heterocycles. The molecule has 0 saturated heterocycles. The van der Waals surface area contributed by atoms with E-state index in [9.17, 15) is 9.18 Å². The van der Waals surface area contributed by atoms with Crippen LogP contribution in [0.3, 0.4) is 0 Å². The Morgan fingerprint density at radius 3 is 2.69 bits per heavy atom. The normalized spacial score (nSPS) is 9.31. The van der Waals surface area contributed by atoms with Gasteiger partial charge in [0.25, 0.3) is 0 Å². The fraction of sp³-hybridized carbons (Fsp3) is 0.111. The summed E-state index contributed by atoms with van der Waals surface area (Å²) >= 11 is 0.